The quantitative estimate of drug-likeness (QED) is 0.615. The second kappa shape index (κ2) is 4.92. The molecule has 0 saturated heterocycles. The highest BCUT2D eigenvalue weighted by atomic mass is 16.6. The third-order valence-corrected chi connectivity index (χ3v) is 2.94. The molecule has 0 radical (unpaired) electrons. The van der Waals surface area contributed by atoms with Gasteiger partial charge in [-0.2, -0.15) is 0 Å². The van der Waals surface area contributed by atoms with Gasteiger partial charge in [-0.3, -0.25) is 0 Å². The SMILES string of the molecule is CCC(C)(CC)Nc1ccc([N+](=O)[O-])nc1. The average molecular weight is 223 g/mol. The van der Waals surface area contributed by atoms with Crippen LogP contribution < -0.4 is 5.32 Å². The van der Waals surface area contributed by atoms with E-state index in [0.717, 1.165) is 18.5 Å². The van der Waals surface area contributed by atoms with Crippen molar-refractivity contribution in [3.05, 3.63) is 28.4 Å². The fraction of sp³-hybridized carbons (Fsp3) is 0.545. The van der Waals surface area contributed by atoms with E-state index in [1.807, 2.05) is 0 Å². The van der Waals surface area contributed by atoms with Gasteiger partial charge in [0.2, 0.25) is 0 Å². The summed E-state index contributed by atoms with van der Waals surface area (Å²) in [6.45, 7) is 6.33. The highest BCUT2D eigenvalue weighted by Gasteiger charge is 2.19. The van der Waals surface area contributed by atoms with E-state index in [1.165, 1.54) is 12.3 Å². The second-order valence-electron chi connectivity index (χ2n) is 4.05. The van der Waals surface area contributed by atoms with E-state index >= 15 is 0 Å². The number of anilines is 1. The summed E-state index contributed by atoms with van der Waals surface area (Å²) in [5.74, 6) is -0.125. The molecule has 1 heterocycles. The number of nitrogens with one attached hydrogen (secondary N) is 1. The van der Waals surface area contributed by atoms with Gasteiger partial charge >= 0.3 is 5.82 Å². The summed E-state index contributed by atoms with van der Waals surface area (Å²) in [5.41, 5.74) is 0.828. The van der Waals surface area contributed by atoms with Crippen LogP contribution in [-0.4, -0.2) is 15.4 Å². The molecule has 5 nitrogen and oxygen atoms in total. The Kier molecular flexibility index (Phi) is 3.82. The fourth-order valence-corrected chi connectivity index (χ4v) is 1.34. The zero-order valence-electron chi connectivity index (χ0n) is 9.86. The molecule has 0 bridgehead atoms. The number of hydrogen-bond donors (Lipinski definition) is 1. The first kappa shape index (κ1) is 12.4. The smallest absolute Gasteiger partial charge is 0.363 e. The standard InChI is InChI=1S/C11H17N3O2/c1-4-11(3,5-2)13-9-6-7-10(12-8-9)14(15)16/h6-8,13H,4-5H2,1-3H3. The molecule has 0 fully saturated rings. The third-order valence-electron chi connectivity index (χ3n) is 2.94. The molecule has 5 heteroatoms. The van der Waals surface area contributed by atoms with Crippen molar-refractivity contribution in [3.63, 3.8) is 0 Å². The molecule has 0 unspecified atom stereocenters. The van der Waals surface area contributed by atoms with Crippen LogP contribution in [0, 0.1) is 10.1 Å². The molecule has 0 aliphatic rings. The summed E-state index contributed by atoms with van der Waals surface area (Å²) in [4.78, 5) is 13.7. The van der Waals surface area contributed by atoms with Gasteiger partial charge in [-0.05, 0) is 35.7 Å². The molecule has 0 spiro atoms. The summed E-state index contributed by atoms with van der Waals surface area (Å²) < 4.78 is 0. The maximum atomic E-state index is 10.4. The van der Waals surface area contributed by atoms with Gasteiger partial charge in [0.1, 0.15) is 0 Å². The summed E-state index contributed by atoms with van der Waals surface area (Å²) in [5, 5.41) is 13.8. The molecule has 0 atom stereocenters. The predicted molar refractivity (Wildman–Crippen MR) is 63.5 cm³/mol. The van der Waals surface area contributed by atoms with Crippen LogP contribution in [0.3, 0.4) is 0 Å². The van der Waals surface area contributed by atoms with Crippen molar-refractivity contribution < 1.29 is 4.92 Å². The summed E-state index contributed by atoms with van der Waals surface area (Å²) >= 11 is 0. The average Bonchev–Trinajstić information content (AvgIpc) is 2.29. The van der Waals surface area contributed by atoms with Gasteiger partial charge in [0.15, 0.2) is 6.20 Å². The Labute approximate surface area is 95.0 Å². The van der Waals surface area contributed by atoms with E-state index in [0.29, 0.717) is 0 Å². The molecule has 0 amide bonds. The lowest BCUT2D eigenvalue weighted by Crippen LogP contribution is -2.32. The van der Waals surface area contributed by atoms with Gasteiger partial charge < -0.3 is 15.4 Å². The zero-order chi connectivity index (χ0) is 12.2. The summed E-state index contributed by atoms with van der Waals surface area (Å²) in [7, 11) is 0. The molecule has 88 valence electrons. The summed E-state index contributed by atoms with van der Waals surface area (Å²) in [6, 6.07) is 3.10. The van der Waals surface area contributed by atoms with Gasteiger partial charge in [-0.1, -0.05) is 13.8 Å². The molecule has 1 rings (SSSR count). The highest BCUT2D eigenvalue weighted by Crippen LogP contribution is 2.21. The van der Waals surface area contributed by atoms with Crippen LogP contribution in [0.1, 0.15) is 33.6 Å². The van der Waals surface area contributed by atoms with Crippen LogP contribution in [0.25, 0.3) is 0 Å². The van der Waals surface area contributed by atoms with Crippen molar-refractivity contribution in [2.75, 3.05) is 5.32 Å². The molecule has 0 aliphatic heterocycles. The lowest BCUT2D eigenvalue weighted by molar-refractivity contribution is -0.389. The molecule has 16 heavy (non-hydrogen) atoms. The number of pyridine rings is 1. The Bertz CT molecular complexity index is 358. The minimum Gasteiger partial charge on any atom is -0.377 e. The maximum Gasteiger partial charge on any atom is 0.363 e. The molecular formula is C11H17N3O2. The van der Waals surface area contributed by atoms with Crippen molar-refractivity contribution in [2.24, 2.45) is 0 Å². The normalized spacial score (nSPS) is 11.2. The van der Waals surface area contributed by atoms with Crippen LogP contribution in [0.15, 0.2) is 18.3 Å². The topological polar surface area (TPSA) is 68.1 Å². The minimum absolute atomic E-state index is 0.0117. The molecule has 1 aromatic heterocycles. The van der Waals surface area contributed by atoms with Crippen LogP contribution in [-0.2, 0) is 0 Å². The Balaban J connectivity index is 2.79. The van der Waals surface area contributed by atoms with Crippen molar-refractivity contribution in [1.82, 2.24) is 4.98 Å². The van der Waals surface area contributed by atoms with Crippen LogP contribution in [0.4, 0.5) is 11.5 Å². The van der Waals surface area contributed by atoms with Crippen molar-refractivity contribution >= 4 is 11.5 Å². The first-order chi connectivity index (χ1) is 7.50. The van der Waals surface area contributed by atoms with Crippen LogP contribution >= 0.6 is 0 Å². The molecule has 0 aromatic carbocycles. The fourth-order valence-electron chi connectivity index (χ4n) is 1.34. The van der Waals surface area contributed by atoms with E-state index in [4.69, 9.17) is 0 Å². The predicted octanol–water partition coefficient (Wildman–Crippen LogP) is 2.98. The number of nitro groups is 1. The molecule has 1 N–H and O–H groups in total. The largest absolute Gasteiger partial charge is 0.377 e. The highest BCUT2D eigenvalue weighted by molar-refractivity contribution is 5.45. The van der Waals surface area contributed by atoms with Gasteiger partial charge in [-0.25, -0.2) is 0 Å². The van der Waals surface area contributed by atoms with E-state index in [9.17, 15) is 10.1 Å². The maximum absolute atomic E-state index is 10.4. The van der Waals surface area contributed by atoms with E-state index in [1.54, 1.807) is 6.07 Å². The van der Waals surface area contributed by atoms with Gasteiger partial charge in [0.25, 0.3) is 0 Å². The van der Waals surface area contributed by atoms with Crippen LogP contribution in [0.5, 0.6) is 0 Å². The van der Waals surface area contributed by atoms with Crippen molar-refractivity contribution in [1.29, 1.82) is 0 Å². The number of hydrogen-bond acceptors (Lipinski definition) is 4. The zero-order valence-corrected chi connectivity index (χ0v) is 9.86. The minimum atomic E-state index is -0.497. The van der Waals surface area contributed by atoms with Gasteiger partial charge in [-0.15, -0.1) is 0 Å². The third kappa shape index (κ3) is 2.92. The monoisotopic (exact) mass is 223 g/mol. The molecule has 1 aromatic rings. The van der Waals surface area contributed by atoms with E-state index in [-0.39, 0.29) is 11.4 Å². The Morgan fingerprint density at radius 1 is 1.44 bits per heavy atom. The number of aromatic nitrogens is 1. The van der Waals surface area contributed by atoms with Crippen molar-refractivity contribution in [2.45, 2.75) is 39.2 Å². The van der Waals surface area contributed by atoms with E-state index in [2.05, 4.69) is 31.1 Å². The number of nitrogens with zero attached hydrogens (tertiary/aromatic N) is 2. The lowest BCUT2D eigenvalue weighted by Gasteiger charge is -2.28. The Morgan fingerprint density at radius 3 is 2.44 bits per heavy atom. The van der Waals surface area contributed by atoms with E-state index < -0.39 is 4.92 Å². The second-order valence-corrected chi connectivity index (χ2v) is 4.05. The molecule has 0 saturated carbocycles. The first-order valence-electron chi connectivity index (χ1n) is 5.39. The molecule has 0 aliphatic carbocycles. The first-order valence-corrected chi connectivity index (χ1v) is 5.39. The lowest BCUT2D eigenvalue weighted by atomic mass is 9.95. The van der Waals surface area contributed by atoms with Crippen molar-refractivity contribution in [3.8, 4) is 0 Å². The van der Waals surface area contributed by atoms with Gasteiger partial charge in [0.05, 0.1) is 5.69 Å². The summed E-state index contributed by atoms with van der Waals surface area (Å²) in [6.07, 6.45) is 3.47. The molecular weight excluding hydrogens is 206 g/mol. The number of rotatable bonds is 5. The Morgan fingerprint density at radius 2 is 2.06 bits per heavy atom. The Hall–Kier alpha value is -1.65. The van der Waals surface area contributed by atoms with Crippen LogP contribution in [0.2, 0.25) is 0 Å². The van der Waals surface area contributed by atoms with Gasteiger partial charge in [0, 0.05) is 11.6 Å².